The van der Waals surface area contributed by atoms with E-state index >= 15 is 0 Å². The fraction of sp³-hybridized carbons (Fsp3) is 0.340. The van der Waals surface area contributed by atoms with Crippen LogP contribution in [0.25, 0.3) is 33.2 Å². The molecule has 0 radical (unpaired) electrons. The van der Waals surface area contributed by atoms with Gasteiger partial charge in [-0.15, -0.1) is 0 Å². The number of phenolic OH excluding ortho intramolecular Hbond substituents is 1. The van der Waals surface area contributed by atoms with Crippen molar-refractivity contribution in [3.63, 3.8) is 0 Å². The van der Waals surface area contributed by atoms with Crippen LogP contribution in [0.15, 0.2) is 115 Å². The number of nitrogens with zero attached hydrogens (tertiary/aromatic N) is 1. The maximum atomic E-state index is 11.5. The topological polar surface area (TPSA) is 33.1 Å². The summed E-state index contributed by atoms with van der Waals surface area (Å²) in [4.78, 5) is 5.76. The molecule has 268 valence electrons. The van der Waals surface area contributed by atoms with Gasteiger partial charge in [-0.25, -0.2) is 0 Å². The Hall–Kier alpha value is -4.69. The van der Waals surface area contributed by atoms with Crippen molar-refractivity contribution in [3.05, 3.63) is 154 Å². The molecule has 1 aromatic heterocycles. The number of rotatable bonds is 5. The van der Waals surface area contributed by atoms with E-state index in [-0.39, 0.29) is 33.3 Å². The monoisotopic (exact) mass is 687 g/mol. The molecule has 2 heteroatoms. The molecule has 1 unspecified atom stereocenters. The molecular weight excluding hydrogens is 631 g/mol. The zero-order chi connectivity index (χ0) is 37.8. The van der Waals surface area contributed by atoms with Crippen LogP contribution in [0.3, 0.4) is 0 Å². The van der Waals surface area contributed by atoms with Gasteiger partial charge < -0.3 is 5.11 Å². The zero-order valence-electron chi connectivity index (χ0n) is 33.4. The van der Waals surface area contributed by atoms with Crippen molar-refractivity contribution in [1.29, 1.82) is 0 Å². The highest BCUT2D eigenvalue weighted by atomic mass is 16.3. The molecule has 1 heterocycles. The number of hydrogen-bond donors (Lipinski definition) is 1. The zero-order valence-corrected chi connectivity index (χ0v) is 33.4. The number of aromatic nitrogens is 1. The molecule has 0 saturated carbocycles. The Kier molecular flexibility index (Phi) is 9.54. The number of hydrogen-bond acceptors (Lipinski definition) is 2. The minimum Gasteiger partial charge on any atom is -0.508 e. The van der Waals surface area contributed by atoms with E-state index in [2.05, 4.69) is 174 Å². The van der Waals surface area contributed by atoms with Gasteiger partial charge in [-0.05, 0) is 72.6 Å². The van der Waals surface area contributed by atoms with Gasteiger partial charge in [0.15, 0.2) is 0 Å². The summed E-state index contributed by atoms with van der Waals surface area (Å²) in [5, 5.41) is 13.8. The van der Waals surface area contributed by atoms with Crippen molar-refractivity contribution >= 4 is 10.8 Å². The Bertz CT molecular complexity index is 2190. The minimum absolute atomic E-state index is 0.0216. The van der Waals surface area contributed by atoms with E-state index in [9.17, 15) is 5.11 Å². The second-order valence-corrected chi connectivity index (χ2v) is 18.7. The van der Waals surface area contributed by atoms with Gasteiger partial charge in [0, 0.05) is 22.1 Å². The summed E-state index contributed by atoms with van der Waals surface area (Å²) in [5.74, 6) is -0.0327. The van der Waals surface area contributed by atoms with E-state index < -0.39 is 0 Å². The summed E-state index contributed by atoms with van der Waals surface area (Å²) < 4.78 is 0. The standard InChI is InChI=1S/C50H57NO/c1-47(2,3)35-23-17-32(18-24-35)43(40-15-13-14-16-42(40)52)46-39-30-29-38(50(10,11)12)31-41(39)44(33-19-25-36(26-20-33)48(4,5)6)45(51-46)34-21-27-37(28-22-34)49(7,8)9/h13-31,43,52H,1-12H3. The summed E-state index contributed by atoms with van der Waals surface area (Å²) in [7, 11) is 0. The van der Waals surface area contributed by atoms with E-state index in [0.29, 0.717) is 0 Å². The molecule has 6 rings (SSSR count). The SMILES string of the molecule is CC(C)(C)c1ccc(-c2nc(C(c3ccc(C(C)(C)C)cc3)c3ccccc3O)c3ccc(C(C)(C)C)cc3c2-c2ccc(C(C)(C)C)cc2)cc1. The van der Waals surface area contributed by atoms with Crippen LogP contribution in [0.1, 0.15) is 128 Å². The molecule has 1 atom stereocenters. The smallest absolute Gasteiger partial charge is 0.119 e. The first-order chi connectivity index (χ1) is 24.2. The summed E-state index contributed by atoms with van der Waals surface area (Å²) in [6, 6.07) is 41.7. The first-order valence-electron chi connectivity index (χ1n) is 18.8. The highest BCUT2D eigenvalue weighted by Crippen LogP contribution is 2.46. The van der Waals surface area contributed by atoms with Crippen molar-refractivity contribution in [2.24, 2.45) is 0 Å². The Labute approximate surface area is 313 Å². The fourth-order valence-electron chi connectivity index (χ4n) is 7.18. The Balaban J connectivity index is 1.75. The van der Waals surface area contributed by atoms with E-state index in [1.165, 1.54) is 27.6 Å². The van der Waals surface area contributed by atoms with E-state index in [4.69, 9.17) is 4.98 Å². The normalized spacial score (nSPS) is 13.4. The van der Waals surface area contributed by atoms with Crippen LogP contribution in [-0.4, -0.2) is 10.1 Å². The Morgan fingerprint density at radius 2 is 0.904 bits per heavy atom. The molecule has 2 nitrogen and oxygen atoms in total. The van der Waals surface area contributed by atoms with Gasteiger partial charge in [0.1, 0.15) is 5.75 Å². The molecule has 1 N–H and O–H groups in total. The number of benzene rings is 5. The molecule has 5 aromatic carbocycles. The predicted molar refractivity (Wildman–Crippen MR) is 223 cm³/mol. The minimum atomic E-state index is -0.303. The highest BCUT2D eigenvalue weighted by molar-refractivity contribution is 6.04. The van der Waals surface area contributed by atoms with Gasteiger partial charge in [-0.3, -0.25) is 4.98 Å². The number of aromatic hydroxyl groups is 1. The molecule has 0 aliphatic heterocycles. The van der Waals surface area contributed by atoms with Crippen LogP contribution in [0.2, 0.25) is 0 Å². The van der Waals surface area contributed by atoms with Crippen LogP contribution in [0.4, 0.5) is 0 Å². The molecule has 0 amide bonds. The average molecular weight is 688 g/mol. The van der Waals surface area contributed by atoms with E-state index in [0.717, 1.165) is 44.6 Å². The van der Waals surface area contributed by atoms with E-state index in [1.807, 2.05) is 18.2 Å². The summed E-state index contributed by atoms with van der Waals surface area (Å²) in [5.41, 5.74) is 12.3. The third kappa shape index (κ3) is 7.45. The first kappa shape index (κ1) is 37.1. The van der Waals surface area contributed by atoms with Gasteiger partial charge in [-0.1, -0.05) is 186 Å². The molecule has 0 saturated heterocycles. The first-order valence-corrected chi connectivity index (χ1v) is 18.8. The number of para-hydroxylation sites is 1. The van der Waals surface area contributed by atoms with Gasteiger partial charge in [0.2, 0.25) is 0 Å². The Morgan fingerprint density at radius 3 is 1.38 bits per heavy atom. The van der Waals surface area contributed by atoms with Crippen molar-refractivity contribution in [3.8, 4) is 28.1 Å². The second-order valence-electron chi connectivity index (χ2n) is 18.7. The number of fused-ring (bicyclic) bond motifs is 1. The average Bonchev–Trinajstić information content (AvgIpc) is 3.07. The molecular formula is C50H57NO. The van der Waals surface area contributed by atoms with Gasteiger partial charge in [-0.2, -0.15) is 0 Å². The summed E-state index contributed by atoms with van der Waals surface area (Å²) in [6.45, 7) is 27.1. The van der Waals surface area contributed by atoms with Gasteiger partial charge in [0.25, 0.3) is 0 Å². The van der Waals surface area contributed by atoms with Crippen LogP contribution in [0, 0.1) is 0 Å². The van der Waals surface area contributed by atoms with Crippen molar-refractivity contribution in [1.82, 2.24) is 4.98 Å². The third-order valence-electron chi connectivity index (χ3n) is 10.6. The fourth-order valence-corrected chi connectivity index (χ4v) is 7.18. The molecule has 0 spiro atoms. The molecule has 0 fully saturated rings. The number of phenols is 1. The lowest BCUT2D eigenvalue weighted by Crippen LogP contribution is -2.14. The largest absolute Gasteiger partial charge is 0.508 e. The van der Waals surface area contributed by atoms with Crippen LogP contribution >= 0.6 is 0 Å². The van der Waals surface area contributed by atoms with Crippen LogP contribution in [0.5, 0.6) is 5.75 Å². The van der Waals surface area contributed by atoms with Gasteiger partial charge >= 0.3 is 0 Å². The maximum absolute atomic E-state index is 11.5. The lowest BCUT2D eigenvalue weighted by atomic mass is 9.79. The number of pyridine rings is 1. The lowest BCUT2D eigenvalue weighted by Gasteiger charge is -2.27. The quantitative estimate of drug-likeness (QED) is 0.196. The van der Waals surface area contributed by atoms with Crippen LogP contribution in [-0.2, 0) is 21.7 Å². The highest BCUT2D eigenvalue weighted by Gasteiger charge is 2.29. The molecule has 0 aliphatic carbocycles. The molecule has 0 aliphatic rings. The molecule has 6 aromatic rings. The lowest BCUT2D eigenvalue weighted by molar-refractivity contribution is 0.467. The second kappa shape index (κ2) is 13.4. The molecule has 52 heavy (non-hydrogen) atoms. The van der Waals surface area contributed by atoms with Crippen LogP contribution < -0.4 is 0 Å². The Morgan fingerprint density at radius 1 is 0.462 bits per heavy atom. The molecule has 0 bridgehead atoms. The predicted octanol–water partition coefficient (Wildman–Crippen LogP) is 13.6. The summed E-state index contributed by atoms with van der Waals surface area (Å²) >= 11 is 0. The van der Waals surface area contributed by atoms with Crippen molar-refractivity contribution in [2.75, 3.05) is 0 Å². The van der Waals surface area contributed by atoms with Crippen molar-refractivity contribution < 1.29 is 5.11 Å². The van der Waals surface area contributed by atoms with E-state index in [1.54, 1.807) is 6.07 Å². The maximum Gasteiger partial charge on any atom is 0.119 e. The summed E-state index contributed by atoms with van der Waals surface area (Å²) in [6.07, 6.45) is 0. The van der Waals surface area contributed by atoms with Gasteiger partial charge in [0.05, 0.1) is 17.3 Å². The van der Waals surface area contributed by atoms with Crippen molar-refractivity contribution in [2.45, 2.75) is 111 Å². The third-order valence-corrected chi connectivity index (χ3v) is 10.6.